The Labute approximate surface area is 88.0 Å². The van der Waals surface area contributed by atoms with Gasteiger partial charge in [-0.3, -0.25) is 0 Å². The predicted molar refractivity (Wildman–Crippen MR) is 33.3 cm³/mol. The Balaban J connectivity index is 0. The molecule has 0 rings (SSSR count). The van der Waals surface area contributed by atoms with Crippen LogP contribution in [0.15, 0.2) is 0 Å². The Morgan fingerprint density at radius 2 is 1.62 bits per heavy atom. The van der Waals surface area contributed by atoms with Gasteiger partial charge in [-0.05, 0) is 5.41 Å². The van der Waals surface area contributed by atoms with Crippen LogP contribution < -0.4 is 0 Å². The van der Waals surface area contributed by atoms with Crippen LogP contribution in [0.25, 0.3) is 5.73 Å². The first kappa shape index (κ1) is 12.1. The van der Waals surface area contributed by atoms with Crippen LogP contribution in [-0.4, -0.2) is 6.54 Å². The van der Waals surface area contributed by atoms with Crippen LogP contribution in [0.2, 0.25) is 0 Å². The Kier molecular flexibility index (Phi) is 7.88. The SMILES string of the molecule is CC(C)(C)CC[NH-].[Ac]. The maximum Gasteiger partial charge on any atom is 0 e. The molecule has 1 nitrogen and oxygen atoms in total. The first-order valence-corrected chi connectivity index (χ1v) is 2.71. The van der Waals surface area contributed by atoms with Gasteiger partial charge in [0.1, 0.15) is 0 Å². The van der Waals surface area contributed by atoms with Crippen LogP contribution in [0.3, 0.4) is 0 Å². The predicted octanol–water partition coefficient (Wildman–Crippen LogP) is 2.47. The standard InChI is InChI=1S/C6H14N.Ac/c1-6(2,3)4-5-7;/h7H,4-5H2,1-3H3;/q-1;. The Morgan fingerprint density at radius 1 is 1.25 bits per heavy atom. The van der Waals surface area contributed by atoms with Crippen molar-refractivity contribution in [2.45, 2.75) is 27.2 Å². The molecule has 0 saturated carbocycles. The summed E-state index contributed by atoms with van der Waals surface area (Å²) in [4.78, 5) is 0. The average molecular weight is 327 g/mol. The third-order valence-corrected chi connectivity index (χ3v) is 0.875. The Hall–Kier alpha value is 1.40. The Bertz CT molecular complexity index is 47.0. The molecule has 0 aliphatic rings. The monoisotopic (exact) mass is 327 g/mol. The van der Waals surface area contributed by atoms with Crippen LogP contribution >= 0.6 is 0 Å². The fourth-order valence-corrected chi connectivity index (χ4v) is 0.375. The second-order valence-corrected chi connectivity index (χ2v) is 3.06. The smallest absolute Gasteiger partial charge is 0 e. The maximum absolute atomic E-state index is 6.86. The molecule has 1 radical (unpaired) electrons. The van der Waals surface area contributed by atoms with Gasteiger partial charge in [0.05, 0.1) is 0 Å². The topological polar surface area (TPSA) is 23.8 Å². The molecular formula is C6H14AcN-. The van der Waals surface area contributed by atoms with E-state index in [9.17, 15) is 0 Å². The number of hydrogen-bond donors (Lipinski definition) is 0. The summed E-state index contributed by atoms with van der Waals surface area (Å²) in [6.07, 6.45) is 1.01. The van der Waals surface area contributed by atoms with Crippen LogP contribution in [0.5, 0.6) is 0 Å². The second kappa shape index (κ2) is 5.21. The van der Waals surface area contributed by atoms with Gasteiger partial charge in [0.25, 0.3) is 0 Å². The molecular weight excluding hydrogens is 313 g/mol. The van der Waals surface area contributed by atoms with Gasteiger partial charge >= 0.3 is 0 Å². The third kappa shape index (κ3) is 10.4. The molecule has 0 aromatic heterocycles. The molecule has 0 bridgehead atoms. The summed E-state index contributed by atoms with van der Waals surface area (Å²) in [5.41, 5.74) is 7.22. The summed E-state index contributed by atoms with van der Waals surface area (Å²) in [5.74, 6) is 0. The fourth-order valence-electron chi connectivity index (χ4n) is 0.375. The quantitative estimate of drug-likeness (QED) is 0.707. The summed E-state index contributed by atoms with van der Waals surface area (Å²) in [6.45, 7) is 7.02. The molecule has 0 aromatic carbocycles. The van der Waals surface area contributed by atoms with Gasteiger partial charge in [0, 0.05) is 44.1 Å². The van der Waals surface area contributed by atoms with Gasteiger partial charge in [-0.15, -0.1) is 0 Å². The molecule has 0 aliphatic heterocycles. The van der Waals surface area contributed by atoms with Gasteiger partial charge in [-0.25, -0.2) is 0 Å². The normalized spacial score (nSPS) is 10.5. The molecule has 0 atom stereocenters. The van der Waals surface area contributed by atoms with Gasteiger partial charge in [0.2, 0.25) is 0 Å². The van der Waals surface area contributed by atoms with Gasteiger partial charge in [-0.2, -0.15) is 6.54 Å². The summed E-state index contributed by atoms with van der Waals surface area (Å²) >= 11 is 0. The first-order valence-electron chi connectivity index (χ1n) is 2.71. The minimum atomic E-state index is 0. The molecule has 0 fully saturated rings. The van der Waals surface area contributed by atoms with Crippen molar-refractivity contribution in [3.8, 4) is 0 Å². The van der Waals surface area contributed by atoms with Crippen molar-refractivity contribution in [2.24, 2.45) is 5.41 Å². The largest absolute Gasteiger partial charge is 0.677 e. The van der Waals surface area contributed by atoms with Crippen molar-refractivity contribution < 1.29 is 44.1 Å². The van der Waals surface area contributed by atoms with E-state index in [1.54, 1.807) is 0 Å². The van der Waals surface area contributed by atoms with E-state index < -0.39 is 0 Å². The van der Waals surface area contributed by atoms with E-state index in [-0.39, 0.29) is 44.1 Å². The van der Waals surface area contributed by atoms with Crippen molar-refractivity contribution in [1.29, 1.82) is 0 Å². The first-order chi connectivity index (χ1) is 3.06. The molecule has 2 heteroatoms. The molecule has 8 heavy (non-hydrogen) atoms. The zero-order chi connectivity index (χ0) is 5.91. The molecule has 0 unspecified atom stereocenters. The van der Waals surface area contributed by atoms with Gasteiger partial charge in [-0.1, -0.05) is 27.2 Å². The summed E-state index contributed by atoms with van der Waals surface area (Å²) in [5, 5.41) is 0. The molecule has 0 aliphatic carbocycles. The van der Waals surface area contributed by atoms with Gasteiger partial charge in [0.15, 0.2) is 0 Å². The summed E-state index contributed by atoms with van der Waals surface area (Å²) in [7, 11) is 0. The molecule has 1 N–H and O–H groups in total. The third-order valence-electron chi connectivity index (χ3n) is 0.875. The molecule has 47 valence electrons. The zero-order valence-electron chi connectivity index (χ0n) is 5.99. The molecule has 0 saturated heterocycles. The van der Waals surface area contributed by atoms with E-state index in [4.69, 9.17) is 5.73 Å². The van der Waals surface area contributed by atoms with E-state index in [1.807, 2.05) is 0 Å². The molecule has 0 aromatic rings. The average Bonchev–Trinajstić information content (AvgIpc) is 1.30. The van der Waals surface area contributed by atoms with E-state index in [0.717, 1.165) is 6.42 Å². The minimum absolute atomic E-state index is 0. The van der Waals surface area contributed by atoms with Crippen LogP contribution in [-0.2, 0) is 0 Å². The van der Waals surface area contributed by atoms with Crippen molar-refractivity contribution >= 4 is 0 Å². The van der Waals surface area contributed by atoms with Crippen LogP contribution in [0.1, 0.15) is 27.2 Å². The van der Waals surface area contributed by atoms with Crippen molar-refractivity contribution in [1.82, 2.24) is 0 Å². The molecule has 0 amide bonds. The molecule has 0 spiro atoms. The number of nitrogens with one attached hydrogen (secondary N) is 1. The second-order valence-electron chi connectivity index (χ2n) is 3.06. The van der Waals surface area contributed by atoms with Crippen LogP contribution in [0.4, 0.5) is 0 Å². The fraction of sp³-hybridized carbons (Fsp3) is 1.00. The summed E-state index contributed by atoms with van der Waals surface area (Å²) < 4.78 is 0. The number of rotatable bonds is 1. The number of hydrogen-bond acceptors (Lipinski definition) is 0. The van der Waals surface area contributed by atoms with E-state index in [0.29, 0.717) is 12.0 Å². The summed E-state index contributed by atoms with van der Waals surface area (Å²) in [6, 6.07) is 0. The Morgan fingerprint density at radius 3 is 1.62 bits per heavy atom. The van der Waals surface area contributed by atoms with Crippen molar-refractivity contribution in [3.63, 3.8) is 0 Å². The minimum Gasteiger partial charge on any atom is -0.677 e. The molecule has 0 heterocycles. The zero-order valence-corrected chi connectivity index (χ0v) is 10.7. The van der Waals surface area contributed by atoms with E-state index >= 15 is 0 Å². The maximum atomic E-state index is 6.86. The van der Waals surface area contributed by atoms with Gasteiger partial charge < -0.3 is 5.73 Å². The van der Waals surface area contributed by atoms with E-state index in [1.165, 1.54) is 0 Å². The van der Waals surface area contributed by atoms with Crippen molar-refractivity contribution in [3.05, 3.63) is 5.73 Å². The van der Waals surface area contributed by atoms with Crippen LogP contribution in [0, 0.1) is 49.5 Å². The van der Waals surface area contributed by atoms with E-state index in [2.05, 4.69) is 20.8 Å². The van der Waals surface area contributed by atoms with Crippen molar-refractivity contribution in [2.75, 3.05) is 6.54 Å².